The average molecular weight is 549 g/mol. The first-order valence-corrected chi connectivity index (χ1v) is 14.3. The molecule has 0 spiro atoms. The van der Waals surface area contributed by atoms with Gasteiger partial charge < -0.3 is 9.84 Å². The summed E-state index contributed by atoms with van der Waals surface area (Å²) in [7, 11) is -4.12. The maximum atomic E-state index is 13.4. The number of nitrogens with one attached hydrogen (secondary N) is 1. The zero-order chi connectivity index (χ0) is 25.9. The molecule has 2 aromatic carbocycles. The van der Waals surface area contributed by atoms with E-state index < -0.39 is 27.4 Å². The fraction of sp³-hybridized carbons (Fsp3) is 0.346. The van der Waals surface area contributed by atoms with Crippen molar-refractivity contribution in [2.75, 3.05) is 26.3 Å². The standard InChI is InChI=1S/C26H29ClN2O5S2/c1-18(22-6-4-3-5-20(22)17-29-13-15-34-16-14-29)26(2,25(30)31)28-36(32,33)24-12-11-23(35-24)19-7-9-21(27)10-8-19/h3-12,18,28H,13-17H2,1-2H3,(H,30,31). The summed E-state index contributed by atoms with van der Waals surface area (Å²) in [5.74, 6) is -1.88. The third kappa shape index (κ3) is 5.82. The van der Waals surface area contributed by atoms with Gasteiger partial charge in [-0.1, -0.05) is 54.9 Å². The molecule has 3 aromatic rings. The lowest BCUT2D eigenvalue weighted by Crippen LogP contribution is -2.55. The monoisotopic (exact) mass is 548 g/mol. The fourth-order valence-electron chi connectivity index (χ4n) is 4.29. The van der Waals surface area contributed by atoms with Crippen molar-refractivity contribution in [1.29, 1.82) is 0 Å². The molecule has 2 unspecified atom stereocenters. The zero-order valence-corrected chi connectivity index (χ0v) is 22.5. The number of carboxylic acid groups (broad SMARTS) is 1. The van der Waals surface area contributed by atoms with Crippen molar-refractivity contribution in [2.45, 2.75) is 36.1 Å². The Morgan fingerprint density at radius 3 is 2.47 bits per heavy atom. The van der Waals surface area contributed by atoms with Gasteiger partial charge in [-0.3, -0.25) is 9.69 Å². The number of hydrogen-bond donors (Lipinski definition) is 2. The minimum Gasteiger partial charge on any atom is -0.480 e. The van der Waals surface area contributed by atoms with Crippen molar-refractivity contribution in [1.82, 2.24) is 9.62 Å². The van der Waals surface area contributed by atoms with Crippen molar-refractivity contribution in [2.24, 2.45) is 0 Å². The Morgan fingerprint density at radius 2 is 1.81 bits per heavy atom. The maximum absolute atomic E-state index is 13.4. The average Bonchev–Trinajstić information content (AvgIpc) is 3.36. The largest absolute Gasteiger partial charge is 0.480 e. The highest BCUT2D eigenvalue weighted by Gasteiger charge is 2.44. The van der Waals surface area contributed by atoms with Crippen LogP contribution in [-0.2, 0) is 26.1 Å². The van der Waals surface area contributed by atoms with Crippen LogP contribution in [0, 0.1) is 0 Å². The first-order chi connectivity index (χ1) is 17.1. The molecule has 10 heteroatoms. The van der Waals surface area contributed by atoms with E-state index in [9.17, 15) is 18.3 Å². The van der Waals surface area contributed by atoms with Gasteiger partial charge in [0.15, 0.2) is 0 Å². The van der Waals surface area contributed by atoms with Gasteiger partial charge in [-0.15, -0.1) is 11.3 Å². The van der Waals surface area contributed by atoms with E-state index in [1.165, 1.54) is 13.0 Å². The molecule has 192 valence electrons. The van der Waals surface area contributed by atoms with Crippen LogP contribution in [0.15, 0.2) is 64.9 Å². The first-order valence-electron chi connectivity index (χ1n) is 11.6. The van der Waals surface area contributed by atoms with Crippen LogP contribution in [0.2, 0.25) is 5.02 Å². The SMILES string of the molecule is CC(c1ccccc1CN1CCOCC1)C(C)(NS(=O)(=O)c1ccc(-c2ccc(Cl)cc2)s1)C(=O)O. The molecule has 7 nitrogen and oxygen atoms in total. The number of benzene rings is 2. The number of aliphatic carboxylic acids is 1. The minimum atomic E-state index is -4.12. The second-order valence-electron chi connectivity index (χ2n) is 9.05. The van der Waals surface area contributed by atoms with E-state index in [1.54, 1.807) is 25.1 Å². The van der Waals surface area contributed by atoms with Gasteiger partial charge in [0.2, 0.25) is 0 Å². The van der Waals surface area contributed by atoms with Crippen molar-refractivity contribution < 1.29 is 23.1 Å². The van der Waals surface area contributed by atoms with Crippen LogP contribution in [-0.4, -0.2) is 56.2 Å². The quantitative estimate of drug-likeness (QED) is 0.398. The van der Waals surface area contributed by atoms with Gasteiger partial charge in [0.1, 0.15) is 9.75 Å². The van der Waals surface area contributed by atoms with E-state index in [1.807, 2.05) is 36.4 Å². The Balaban J connectivity index is 1.61. The van der Waals surface area contributed by atoms with Crippen molar-refractivity contribution in [3.63, 3.8) is 0 Å². The third-order valence-corrected chi connectivity index (χ3v) is 10.1. The predicted molar refractivity (Wildman–Crippen MR) is 142 cm³/mol. The Morgan fingerprint density at radius 1 is 1.14 bits per heavy atom. The molecule has 0 saturated carbocycles. The number of carbonyl (C=O) groups is 1. The van der Waals surface area contributed by atoms with Crippen LogP contribution in [0.1, 0.15) is 30.9 Å². The summed E-state index contributed by atoms with van der Waals surface area (Å²) in [5, 5.41) is 10.8. The molecule has 36 heavy (non-hydrogen) atoms. The second kappa shape index (κ2) is 11.0. The van der Waals surface area contributed by atoms with Crippen LogP contribution < -0.4 is 4.72 Å². The lowest BCUT2D eigenvalue weighted by Gasteiger charge is -2.34. The van der Waals surface area contributed by atoms with Gasteiger partial charge in [0.05, 0.1) is 13.2 Å². The van der Waals surface area contributed by atoms with E-state index in [4.69, 9.17) is 16.3 Å². The van der Waals surface area contributed by atoms with Crippen LogP contribution in [0.4, 0.5) is 0 Å². The number of nitrogens with zero attached hydrogens (tertiary/aromatic N) is 1. The van der Waals surface area contributed by atoms with E-state index in [0.29, 0.717) is 24.8 Å². The molecule has 1 aliphatic rings. The van der Waals surface area contributed by atoms with E-state index in [2.05, 4.69) is 9.62 Å². The first kappa shape index (κ1) is 26.8. The Labute approximate surface area is 220 Å². The van der Waals surface area contributed by atoms with Crippen LogP contribution in [0.25, 0.3) is 10.4 Å². The summed E-state index contributed by atoms with van der Waals surface area (Å²) in [6.45, 7) is 6.72. The summed E-state index contributed by atoms with van der Waals surface area (Å²) in [6.07, 6.45) is 0. The number of morpholine rings is 1. The van der Waals surface area contributed by atoms with E-state index in [-0.39, 0.29) is 4.21 Å². The van der Waals surface area contributed by atoms with Crippen molar-refractivity contribution in [3.8, 4) is 10.4 Å². The molecule has 0 bridgehead atoms. The van der Waals surface area contributed by atoms with Crippen molar-refractivity contribution in [3.05, 3.63) is 76.8 Å². The third-order valence-electron chi connectivity index (χ3n) is 6.65. The van der Waals surface area contributed by atoms with Gasteiger partial charge >= 0.3 is 5.97 Å². The molecular formula is C26H29ClN2O5S2. The van der Waals surface area contributed by atoms with Crippen LogP contribution in [0.3, 0.4) is 0 Å². The molecule has 1 aromatic heterocycles. The number of halogens is 1. The highest BCUT2D eigenvalue weighted by molar-refractivity contribution is 7.91. The Bertz CT molecular complexity index is 1320. The predicted octanol–water partition coefficient (Wildman–Crippen LogP) is 4.83. The van der Waals surface area contributed by atoms with E-state index in [0.717, 1.165) is 46.0 Å². The summed E-state index contributed by atoms with van der Waals surface area (Å²) >= 11 is 7.04. The summed E-state index contributed by atoms with van der Waals surface area (Å²) < 4.78 is 34.8. The molecular weight excluding hydrogens is 520 g/mol. The van der Waals surface area contributed by atoms with Crippen LogP contribution in [0.5, 0.6) is 0 Å². The molecule has 2 heterocycles. The number of thiophene rings is 1. The van der Waals surface area contributed by atoms with Crippen LogP contribution >= 0.6 is 22.9 Å². The molecule has 2 atom stereocenters. The number of carboxylic acids is 1. The molecule has 0 aliphatic carbocycles. The number of rotatable bonds is 9. The molecule has 0 amide bonds. The normalized spacial score (nSPS) is 17.4. The number of sulfonamides is 1. The smallest absolute Gasteiger partial charge is 0.325 e. The fourth-order valence-corrected chi connectivity index (χ4v) is 7.16. The van der Waals surface area contributed by atoms with Gasteiger partial charge in [0, 0.05) is 35.5 Å². The Kier molecular flexibility index (Phi) is 8.18. The highest BCUT2D eigenvalue weighted by Crippen LogP contribution is 2.35. The summed E-state index contributed by atoms with van der Waals surface area (Å²) in [6, 6.07) is 17.9. The van der Waals surface area contributed by atoms with Crippen molar-refractivity contribution >= 4 is 38.9 Å². The lowest BCUT2D eigenvalue weighted by atomic mass is 9.80. The molecule has 2 N–H and O–H groups in total. The highest BCUT2D eigenvalue weighted by atomic mass is 35.5. The number of ether oxygens (including phenoxy) is 1. The summed E-state index contributed by atoms with van der Waals surface area (Å²) in [4.78, 5) is 15.5. The molecule has 4 rings (SSSR count). The molecule has 1 fully saturated rings. The van der Waals surface area contributed by atoms with Gasteiger partial charge in [-0.2, -0.15) is 4.72 Å². The van der Waals surface area contributed by atoms with E-state index >= 15 is 0 Å². The lowest BCUT2D eigenvalue weighted by molar-refractivity contribution is -0.144. The second-order valence-corrected chi connectivity index (χ2v) is 12.5. The Hall–Kier alpha value is -2.27. The molecule has 1 aliphatic heterocycles. The maximum Gasteiger partial charge on any atom is 0.325 e. The van der Waals surface area contributed by atoms with Gasteiger partial charge in [0.25, 0.3) is 10.0 Å². The number of hydrogen-bond acceptors (Lipinski definition) is 6. The molecule has 1 saturated heterocycles. The zero-order valence-electron chi connectivity index (χ0n) is 20.1. The topological polar surface area (TPSA) is 95.9 Å². The minimum absolute atomic E-state index is 0.0497. The molecule has 0 radical (unpaired) electrons. The van der Waals surface area contributed by atoms with Gasteiger partial charge in [-0.25, -0.2) is 8.42 Å². The van der Waals surface area contributed by atoms with Gasteiger partial charge in [-0.05, 0) is 47.9 Å². The summed E-state index contributed by atoms with van der Waals surface area (Å²) in [5.41, 5.74) is 0.825.